The van der Waals surface area contributed by atoms with Crippen molar-refractivity contribution in [3.63, 3.8) is 0 Å². The van der Waals surface area contributed by atoms with Gasteiger partial charge in [0, 0.05) is 24.0 Å². The average molecular weight is 434 g/mol. The zero-order chi connectivity index (χ0) is 21.8. The Morgan fingerprint density at radius 1 is 1.03 bits per heavy atom. The molecular formula is C23H20ClN5O2. The maximum absolute atomic E-state index is 12.9. The van der Waals surface area contributed by atoms with Crippen molar-refractivity contribution in [2.24, 2.45) is 0 Å². The summed E-state index contributed by atoms with van der Waals surface area (Å²) in [6.07, 6.45) is 3.96. The molecule has 31 heavy (non-hydrogen) atoms. The van der Waals surface area contributed by atoms with Gasteiger partial charge in [-0.1, -0.05) is 48.9 Å². The first kappa shape index (κ1) is 20.6. The normalized spacial score (nSPS) is 10.8. The number of rotatable bonds is 6. The molecule has 2 heterocycles. The van der Waals surface area contributed by atoms with E-state index in [1.165, 1.54) is 6.20 Å². The van der Waals surface area contributed by atoms with Crippen LogP contribution in [-0.4, -0.2) is 33.0 Å². The Balaban J connectivity index is 1.58. The van der Waals surface area contributed by atoms with Gasteiger partial charge in [0.25, 0.3) is 11.8 Å². The van der Waals surface area contributed by atoms with Crippen molar-refractivity contribution >= 4 is 34.7 Å². The zero-order valence-corrected chi connectivity index (χ0v) is 17.6. The standard InChI is InChI=1S/C23H20ClN5O2/c1-2-11-26-22(30)17-9-8-16(13-19(17)24)28-23(31)18-14-27-29-20(10-12-25-21(18)29)15-6-4-3-5-7-15/h3-10,12-14H,2,11H2,1H3,(H,26,30)(H,28,31). The van der Waals surface area contributed by atoms with Crippen molar-refractivity contribution in [1.82, 2.24) is 19.9 Å². The van der Waals surface area contributed by atoms with Crippen molar-refractivity contribution in [2.45, 2.75) is 13.3 Å². The molecule has 0 radical (unpaired) electrons. The number of hydrogen-bond donors (Lipinski definition) is 2. The third-order valence-corrected chi connectivity index (χ3v) is 5.04. The summed E-state index contributed by atoms with van der Waals surface area (Å²) in [6.45, 7) is 2.54. The number of carbonyl (C=O) groups is 2. The second-order valence-corrected chi connectivity index (χ2v) is 7.30. The number of fused-ring (bicyclic) bond motifs is 1. The first-order valence-electron chi connectivity index (χ1n) is 9.85. The summed E-state index contributed by atoms with van der Waals surface area (Å²) in [4.78, 5) is 29.4. The van der Waals surface area contributed by atoms with Gasteiger partial charge >= 0.3 is 0 Å². The van der Waals surface area contributed by atoms with Crippen LogP contribution in [0.15, 0.2) is 67.0 Å². The third-order valence-electron chi connectivity index (χ3n) is 4.72. The van der Waals surface area contributed by atoms with Gasteiger partial charge in [0.15, 0.2) is 5.65 Å². The SMILES string of the molecule is CCCNC(=O)c1ccc(NC(=O)c2cnn3c(-c4ccccc4)ccnc23)cc1Cl. The molecular weight excluding hydrogens is 414 g/mol. The van der Waals surface area contributed by atoms with Gasteiger partial charge in [-0.3, -0.25) is 9.59 Å². The van der Waals surface area contributed by atoms with Crippen LogP contribution < -0.4 is 10.6 Å². The van der Waals surface area contributed by atoms with Crippen LogP contribution in [0.25, 0.3) is 16.9 Å². The van der Waals surface area contributed by atoms with Crippen LogP contribution >= 0.6 is 11.6 Å². The van der Waals surface area contributed by atoms with Crippen molar-refractivity contribution in [2.75, 3.05) is 11.9 Å². The lowest BCUT2D eigenvalue weighted by Crippen LogP contribution is -2.24. The highest BCUT2D eigenvalue weighted by Crippen LogP contribution is 2.23. The van der Waals surface area contributed by atoms with E-state index >= 15 is 0 Å². The molecule has 7 nitrogen and oxygen atoms in total. The second kappa shape index (κ2) is 8.97. The number of benzene rings is 2. The van der Waals surface area contributed by atoms with Crippen LogP contribution in [0.4, 0.5) is 5.69 Å². The van der Waals surface area contributed by atoms with Gasteiger partial charge in [0.05, 0.1) is 22.5 Å². The van der Waals surface area contributed by atoms with Gasteiger partial charge < -0.3 is 10.6 Å². The van der Waals surface area contributed by atoms with Crippen molar-refractivity contribution < 1.29 is 9.59 Å². The van der Waals surface area contributed by atoms with Crippen LogP contribution in [0.1, 0.15) is 34.1 Å². The van der Waals surface area contributed by atoms with Crippen LogP contribution in [0.3, 0.4) is 0 Å². The van der Waals surface area contributed by atoms with E-state index in [1.807, 2.05) is 43.3 Å². The van der Waals surface area contributed by atoms with E-state index in [9.17, 15) is 9.59 Å². The molecule has 4 rings (SSSR count). The second-order valence-electron chi connectivity index (χ2n) is 6.89. The highest BCUT2D eigenvalue weighted by Gasteiger charge is 2.17. The number of halogens is 1. The van der Waals surface area contributed by atoms with Crippen molar-refractivity contribution in [3.05, 3.63) is 83.1 Å². The van der Waals surface area contributed by atoms with E-state index in [4.69, 9.17) is 11.6 Å². The third kappa shape index (κ3) is 4.27. The zero-order valence-electron chi connectivity index (χ0n) is 16.8. The van der Waals surface area contributed by atoms with Crippen molar-refractivity contribution in [3.8, 4) is 11.3 Å². The molecule has 0 aliphatic carbocycles. The first-order valence-corrected chi connectivity index (χ1v) is 10.2. The molecule has 2 amide bonds. The Hall–Kier alpha value is -3.71. The number of nitrogens with one attached hydrogen (secondary N) is 2. The predicted molar refractivity (Wildman–Crippen MR) is 120 cm³/mol. The summed E-state index contributed by atoms with van der Waals surface area (Å²) >= 11 is 6.25. The molecule has 8 heteroatoms. The maximum Gasteiger partial charge on any atom is 0.261 e. The largest absolute Gasteiger partial charge is 0.352 e. The van der Waals surface area contributed by atoms with Gasteiger partial charge in [0.1, 0.15) is 5.56 Å². The predicted octanol–water partition coefficient (Wildman–Crippen LogP) is 4.44. The number of nitrogens with zero attached hydrogens (tertiary/aromatic N) is 3. The van der Waals surface area contributed by atoms with E-state index in [-0.39, 0.29) is 16.8 Å². The van der Waals surface area contributed by atoms with E-state index in [1.54, 1.807) is 28.9 Å². The summed E-state index contributed by atoms with van der Waals surface area (Å²) in [5, 5.41) is 10.2. The molecule has 0 aliphatic rings. The Labute approximate surface area is 184 Å². The molecule has 0 saturated carbocycles. The van der Waals surface area contributed by atoms with Gasteiger partial charge in [-0.2, -0.15) is 5.10 Å². The molecule has 2 N–H and O–H groups in total. The molecule has 4 aromatic rings. The lowest BCUT2D eigenvalue weighted by molar-refractivity contribution is 0.0953. The molecule has 156 valence electrons. The lowest BCUT2D eigenvalue weighted by atomic mass is 10.1. The fourth-order valence-electron chi connectivity index (χ4n) is 3.19. The number of hydrogen-bond acceptors (Lipinski definition) is 4. The molecule has 2 aromatic heterocycles. The van der Waals surface area contributed by atoms with Gasteiger partial charge in [-0.05, 0) is 30.7 Å². The van der Waals surface area contributed by atoms with Crippen molar-refractivity contribution in [1.29, 1.82) is 0 Å². The summed E-state index contributed by atoms with van der Waals surface area (Å²) in [6, 6.07) is 16.4. The first-order chi connectivity index (χ1) is 15.1. The number of carbonyl (C=O) groups excluding carboxylic acids is 2. The highest BCUT2D eigenvalue weighted by molar-refractivity contribution is 6.34. The Kier molecular flexibility index (Phi) is 5.95. The molecule has 0 fully saturated rings. The minimum atomic E-state index is -0.369. The Morgan fingerprint density at radius 2 is 1.84 bits per heavy atom. The fourth-order valence-corrected chi connectivity index (χ4v) is 3.45. The summed E-state index contributed by atoms with van der Waals surface area (Å²) in [5.74, 6) is -0.614. The van der Waals surface area contributed by atoms with E-state index in [2.05, 4.69) is 20.7 Å². The number of anilines is 1. The Morgan fingerprint density at radius 3 is 2.58 bits per heavy atom. The fraction of sp³-hybridized carbons (Fsp3) is 0.130. The van der Waals surface area contributed by atoms with Gasteiger partial charge in [-0.15, -0.1) is 0 Å². The molecule has 0 bridgehead atoms. The molecule has 2 aromatic carbocycles. The molecule has 0 atom stereocenters. The molecule has 0 aliphatic heterocycles. The minimum absolute atomic E-state index is 0.245. The van der Waals surface area contributed by atoms with Gasteiger partial charge in [0.2, 0.25) is 0 Å². The smallest absolute Gasteiger partial charge is 0.261 e. The lowest BCUT2D eigenvalue weighted by Gasteiger charge is -2.09. The van der Waals surface area contributed by atoms with Crippen LogP contribution in [-0.2, 0) is 0 Å². The van der Waals surface area contributed by atoms with Crippen LogP contribution in [0.2, 0.25) is 5.02 Å². The van der Waals surface area contributed by atoms with E-state index < -0.39 is 0 Å². The molecule has 0 saturated heterocycles. The highest BCUT2D eigenvalue weighted by atomic mass is 35.5. The van der Waals surface area contributed by atoms with Crippen LogP contribution in [0, 0.1) is 0 Å². The number of aromatic nitrogens is 3. The van der Waals surface area contributed by atoms with Gasteiger partial charge in [-0.25, -0.2) is 9.50 Å². The average Bonchev–Trinajstić information content (AvgIpc) is 3.22. The number of amides is 2. The summed E-state index contributed by atoms with van der Waals surface area (Å²) in [5.41, 5.74) is 3.40. The topological polar surface area (TPSA) is 88.4 Å². The summed E-state index contributed by atoms with van der Waals surface area (Å²) < 4.78 is 1.64. The molecule has 0 unspecified atom stereocenters. The maximum atomic E-state index is 12.9. The van der Waals surface area contributed by atoms with E-state index in [0.29, 0.717) is 29.0 Å². The minimum Gasteiger partial charge on any atom is -0.352 e. The Bertz CT molecular complexity index is 1250. The van der Waals surface area contributed by atoms with Crippen LogP contribution in [0.5, 0.6) is 0 Å². The van der Waals surface area contributed by atoms with E-state index in [0.717, 1.165) is 17.7 Å². The monoisotopic (exact) mass is 433 g/mol. The molecule has 0 spiro atoms. The quantitative estimate of drug-likeness (QED) is 0.470. The summed E-state index contributed by atoms with van der Waals surface area (Å²) in [7, 11) is 0.